The van der Waals surface area contributed by atoms with Gasteiger partial charge in [-0.2, -0.15) is 0 Å². The molecule has 1 aromatic rings. The minimum atomic E-state index is 0.100. The third kappa shape index (κ3) is 0.941. The minimum Gasteiger partial charge on any atom is -0.294 e. The monoisotopic (exact) mass is 149 g/mol. The van der Waals surface area contributed by atoms with Gasteiger partial charge in [0.15, 0.2) is 5.78 Å². The van der Waals surface area contributed by atoms with E-state index in [-0.39, 0.29) is 5.78 Å². The van der Waals surface area contributed by atoms with Crippen LogP contribution >= 0.6 is 0 Å². The molecule has 1 aliphatic rings. The Kier molecular flexibility index (Phi) is 1.28. The number of rotatable bonds is 0. The maximum Gasteiger partial charge on any atom is 0.170 e. The maximum absolute atomic E-state index is 11.2. The highest BCUT2D eigenvalue weighted by atomic mass is 16.1. The number of fused-ring (bicyclic) bond motifs is 1. The predicted octanol–water partition coefficient (Wildman–Crippen LogP) is 1.08. The summed E-state index contributed by atoms with van der Waals surface area (Å²) >= 11 is 0. The number of hydrogen-bond acceptors (Lipinski definition) is 3. The van der Waals surface area contributed by atoms with Crippen LogP contribution in [0.15, 0.2) is 18.6 Å². The second-order valence-electron chi connectivity index (χ2n) is 2.35. The third-order valence-corrected chi connectivity index (χ3v) is 1.62. The first-order valence-electron chi connectivity index (χ1n) is 3.37. The van der Waals surface area contributed by atoms with Crippen molar-refractivity contribution in [3.8, 4) is 0 Å². The normalized spacial score (nSPS) is 14.7. The Bertz CT molecular complexity index is 331. The molecular formula is C8H6N2O. The van der Waals surface area contributed by atoms with E-state index in [9.17, 15) is 4.79 Å². The average Bonchev–Trinajstić information content (AvgIpc) is 2.06. The van der Waals surface area contributed by atoms with Crippen molar-refractivity contribution in [1.29, 1.82) is 0 Å². The van der Waals surface area contributed by atoms with Crippen LogP contribution in [0.1, 0.15) is 22.5 Å². The zero-order chi connectivity index (χ0) is 7.68. The first kappa shape index (κ1) is 6.22. The molecule has 0 spiro atoms. The van der Waals surface area contributed by atoms with E-state index in [4.69, 9.17) is 0 Å². The molecule has 0 aromatic carbocycles. The van der Waals surface area contributed by atoms with E-state index in [1.807, 2.05) is 12.2 Å². The highest BCUT2D eigenvalue weighted by molar-refractivity contribution is 6.01. The van der Waals surface area contributed by atoms with Crippen molar-refractivity contribution in [1.82, 2.24) is 9.97 Å². The van der Waals surface area contributed by atoms with Crippen LogP contribution in [0.3, 0.4) is 0 Å². The number of ketones is 1. The lowest BCUT2D eigenvalue weighted by Gasteiger charge is -2.05. The van der Waals surface area contributed by atoms with E-state index in [2.05, 4.69) is 9.97 Å². The molecule has 1 aromatic heterocycles. The number of Topliss-reactive ketones (excluding diaryl/α,β-unsaturated/α-hetero) is 1. The summed E-state index contributed by atoms with van der Waals surface area (Å²) in [5.74, 6) is 0.100. The van der Waals surface area contributed by atoms with E-state index in [1.165, 1.54) is 6.33 Å². The molecule has 0 amide bonds. The Morgan fingerprint density at radius 2 is 2.45 bits per heavy atom. The van der Waals surface area contributed by atoms with Crippen LogP contribution in [0.5, 0.6) is 0 Å². The Balaban J connectivity index is 2.63. The van der Waals surface area contributed by atoms with Gasteiger partial charge in [-0.3, -0.25) is 4.79 Å². The summed E-state index contributed by atoms with van der Waals surface area (Å²) in [4.78, 5) is 18.9. The molecule has 0 saturated heterocycles. The smallest absolute Gasteiger partial charge is 0.170 e. The topological polar surface area (TPSA) is 42.9 Å². The molecule has 1 heterocycles. The Hall–Kier alpha value is -1.51. The first-order valence-corrected chi connectivity index (χ1v) is 3.37. The van der Waals surface area contributed by atoms with E-state index >= 15 is 0 Å². The quantitative estimate of drug-likeness (QED) is 0.554. The van der Waals surface area contributed by atoms with Gasteiger partial charge in [0.05, 0.1) is 11.3 Å². The summed E-state index contributed by atoms with van der Waals surface area (Å²) in [6, 6.07) is 0. The van der Waals surface area contributed by atoms with Crippen molar-refractivity contribution >= 4 is 11.9 Å². The van der Waals surface area contributed by atoms with Crippen LogP contribution in [0.25, 0.3) is 6.08 Å². The van der Waals surface area contributed by atoms with Gasteiger partial charge in [0.25, 0.3) is 0 Å². The van der Waals surface area contributed by atoms with Crippen LogP contribution in [0, 0.1) is 0 Å². The second kappa shape index (κ2) is 2.27. The van der Waals surface area contributed by atoms with Gasteiger partial charge in [-0.1, -0.05) is 6.08 Å². The summed E-state index contributed by atoms with van der Waals surface area (Å²) in [6.07, 6.45) is 7.15. The van der Waals surface area contributed by atoms with Crippen molar-refractivity contribution in [2.75, 3.05) is 0 Å². The van der Waals surface area contributed by atoms with E-state index < -0.39 is 0 Å². The molecule has 11 heavy (non-hydrogen) atoms. The summed E-state index contributed by atoms with van der Waals surface area (Å²) in [7, 11) is 0. The van der Waals surface area contributed by atoms with Crippen molar-refractivity contribution in [3.05, 3.63) is 29.9 Å². The number of carbonyl (C=O) groups is 1. The third-order valence-electron chi connectivity index (χ3n) is 1.62. The molecule has 3 heteroatoms. The molecule has 0 atom stereocenters. The maximum atomic E-state index is 11.2. The SMILES string of the molecule is O=C1CC=Cc2n[15cH]ncc21. The lowest BCUT2D eigenvalue weighted by atomic mass is 10.0. The number of hydrogen-bond donors (Lipinski definition) is 0. The molecule has 2 rings (SSSR count). The van der Waals surface area contributed by atoms with Crippen LogP contribution in [0.2, 0.25) is 0 Å². The fourth-order valence-electron chi connectivity index (χ4n) is 1.07. The van der Waals surface area contributed by atoms with Crippen molar-refractivity contribution in [3.63, 3.8) is 0 Å². The molecule has 0 radical (unpaired) electrons. The molecule has 0 saturated carbocycles. The summed E-state index contributed by atoms with van der Waals surface area (Å²) in [5, 5.41) is 0. The molecule has 0 N–H and O–H groups in total. The zero-order valence-corrected chi connectivity index (χ0v) is 5.82. The highest BCUT2D eigenvalue weighted by Crippen LogP contribution is 2.14. The van der Waals surface area contributed by atoms with Crippen LogP contribution in [-0.4, -0.2) is 15.8 Å². The van der Waals surface area contributed by atoms with Crippen molar-refractivity contribution in [2.24, 2.45) is 0 Å². The molecule has 0 unspecified atom stereocenters. The Morgan fingerprint density at radius 1 is 1.55 bits per heavy atom. The average molecular weight is 149 g/mol. The van der Waals surface area contributed by atoms with Crippen LogP contribution in [0.4, 0.5) is 0 Å². The molecular weight excluding hydrogens is 143 g/mol. The summed E-state index contributed by atoms with van der Waals surface area (Å²) in [6.45, 7) is 0. The van der Waals surface area contributed by atoms with Crippen molar-refractivity contribution < 1.29 is 4.79 Å². The second-order valence-corrected chi connectivity index (χ2v) is 2.35. The van der Waals surface area contributed by atoms with Gasteiger partial charge in [0.2, 0.25) is 0 Å². The fraction of sp³-hybridized carbons (Fsp3) is 0.125. The number of carbonyl (C=O) groups excluding carboxylic acids is 1. The van der Waals surface area contributed by atoms with Gasteiger partial charge < -0.3 is 0 Å². The van der Waals surface area contributed by atoms with Gasteiger partial charge in [0.1, 0.15) is 6.33 Å². The van der Waals surface area contributed by atoms with Crippen molar-refractivity contribution in [2.45, 2.75) is 6.42 Å². The highest BCUT2D eigenvalue weighted by Gasteiger charge is 2.12. The standard InChI is InChI=1S/C8H6N2O/c11-8-3-1-2-7-6(8)4-9-5-10-7/h1-2,4-5H,3H2/i5+3. The number of nitrogens with zero attached hydrogens (tertiary/aromatic N) is 2. The summed E-state index contributed by atoms with van der Waals surface area (Å²) < 4.78 is 0. The van der Waals surface area contributed by atoms with Gasteiger partial charge in [-0.25, -0.2) is 9.97 Å². The predicted molar refractivity (Wildman–Crippen MR) is 40.0 cm³/mol. The molecule has 1 aliphatic carbocycles. The van der Waals surface area contributed by atoms with Gasteiger partial charge in [0, 0.05) is 12.6 Å². The largest absolute Gasteiger partial charge is 0.294 e. The van der Waals surface area contributed by atoms with Gasteiger partial charge in [-0.05, 0) is 6.08 Å². The number of aromatic nitrogens is 2. The number of allylic oxidation sites excluding steroid dienone is 1. The Morgan fingerprint density at radius 3 is 3.27 bits per heavy atom. The van der Waals surface area contributed by atoms with Crippen LogP contribution < -0.4 is 0 Å². The lowest BCUT2D eigenvalue weighted by molar-refractivity contribution is 0.0993. The molecule has 0 bridgehead atoms. The van der Waals surface area contributed by atoms with Gasteiger partial charge >= 0.3 is 0 Å². The van der Waals surface area contributed by atoms with E-state index in [1.54, 1.807) is 6.20 Å². The molecule has 0 fully saturated rings. The zero-order valence-electron chi connectivity index (χ0n) is 5.82. The molecule has 54 valence electrons. The molecule has 3 nitrogen and oxygen atoms in total. The van der Waals surface area contributed by atoms with E-state index in [0.717, 1.165) is 5.69 Å². The van der Waals surface area contributed by atoms with Gasteiger partial charge in [-0.15, -0.1) is 0 Å². The lowest BCUT2D eigenvalue weighted by Crippen LogP contribution is -2.06. The Labute approximate surface area is 63.8 Å². The molecule has 0 aliphatic heterocycles. The van der Waals surface area contributed by atoms with E-state index in [0.29, 0.717) is 12.0 Å². The first-order chi connectivity index (χ1) is 5.38. The minimum absolute atomic E-state index is 0.100. The fourth-order valence-corrected chi connectivity index (χ4v) is 1.07. The summed E-state index contributed by atoms with van der Waals surface area (Å²) in [5.41, 5.74) is 1.37. The van der Waals surface area contributed by atoms with Crippen LogP contribution in [-0.2, 0) is 0 Å².